The average Bonchev–Trinajstić information content (AvgIpc) is 2.72. The van der Waals surface area contributed by atoms with E-state index in [1.54, 1.807) is 12.1 Å². The van der Waals surface area contributed by atoms with Crippen molar-refractivity contribution in [1.29, 1.82) is 0 Å². The lowest BCUT2D eigenvalue weighted by Gasteiger charge is -2.20. The fourth-order valence-electron chi connectivity index (χ4n) is 3.89. The smallest absolute Gasteiger partial charge is 0.387 e. The minimum atomic E-state index is -2.88. The summed E-state index contributed by atoms with van der Waals surface area (Å²) in [4.78, 5) is 0. The number of alkyl halides is 2. The summed E-state index contributed by atoms with van der Waals surface area (Å²) in [7, 11) is 0. The van der Waals surface area contributed by atoms with Gasteiger partial charge in [0, 0.05) is 10.9 Å². The molecule has 0 N–H and O–H groups in total. The molecule has 154 valence electrons. The van der Waals surface area contributed by atoms with Gasteiger partial charge in [-0.1, -0.05) is 63.1 Å². The van der Waals surface area contributed by atoms with Crippen LogP contribution in [0.3, 0.4) is 0 Å². The highest BCUT2D eigenvalue weighted by atomic mass is 19.3. The van der Waals surface area contributed by atoms with Gasteiger partial charge in [0.05, 0.1) is 0 Å². The third-order valence-electron chi connectivity index (χ3n) is 5.30. The van der Waals surface area contributed by atoms with E-state index in [4.69, 9.17) is 0 Å². The number of aryl methyl sites for hydroxylation is 1. The van der Waals surface area contributed by atoms with Crippen LogP contribution in [0.1, 0.15) is 50.7 Å². The number of fused-ring (bicyclic) bond motifs is 1. The molecule has 0 saturated heterocycles. The van der Waals surface area contributed by atoms with Crippen molar-refractivity contribution in [3.05, 3.63) is 65.5 Å². The van der Waals surface area contributed by atoms with Crippen molar-refractivity contribution < 1.29 is 17.9 Å². The van der Waals surface area contributed by atoms with E-state index < -0.39 is 6.61 Å². The van der Waals surface area contributed by atoms with Gasteiger partial charge in [-0.3, -0.25) is 0 Å². The van der Waals surface area contributed by atoms with E-state index in [1.165, 1.54) is 17.7 Å². The molecule has 0 aliphatic carbocycles. The molecule has 0 heterocycles. The van der Waals surface area contributed by atoms with Crippen LogP contribution in [-0.2, 0) is 12.8 Å². The first kappa shape index (κ1) is 21.2. The Morgan fingerprint density at radius 2 is 1.38 bits per heavy atom. The Hall–Kier alpha value is -2.49. The molecule has 0 bridgehead atoms. The second kappa shape index (κ2) is 9.82. The van der Waals surface area contributed by atoms with Crippen LogP contribution in [0.25, 0.3) is 21.9 Å². The molecule has 29 heavy (non-hydrogen) atoms. The maximum absolute atomic E-state index is 15.7. The van der Waals surface area contributed by atoms with E-state index in [2.05, 4.69) is 18.6 Å². The largest absolute Gasteiger partial charge is 0.435 e. The summed E-state index contributed by atoms with van der Waals surface area (Å²) < 4.78 is 45.1. The molecular weight excluding hydrogens is 373 g/mol. The van der Waals surface area contributed by atoms with Crippen LogP contribution in [-0.4, -0.2) is 6.61 Å². The van der Waals surface area contributed by atoms with Crippen molar-refractivity contribution in [3.8, 4) is 16.9 Å². The van der Waals surface area contributed by atoms with Gasteiger partial charge in [0.2, 0.25) is 0 Å². The Balaban J connectivity index is 2.21. The number of unbranched alkanes of at least 4 members (excludes halogenated alkanes) is 2. The van der Waals surface area contributed by atoms with Gasteiger partial charge in [-0.2, -0.15) is 8.78 Å². The van der Waals surface area contributed by atoms with Crippen LogP contribution in [0.5, 0.6) is 5.75 Å². The average molecular weight is 400 g/mol. The van der Waals surface area contributed by atoms with Crippen molar-refractivity contribution in [2.75, 3.05) is 0 Å². The van der Waals surface area contributed by atoms with Gasteiger partial charge in [-0.15, -0.1) is 0 Å². The Labute approximate surface area is 170 Å². The van der Waals surface area contributed by atoms with Crippen molar-refractivity contribution in [1.82, 2.24) is 0 Å². The zero-order valence-electron chi connectivity index (χ0n) is 17.0. The molecule has 0 aliphatic rings. The summed E-state index contributed by atoms with van der Waals surface area (Å²) in [5.74, 6) is -0.166. The summed E-state index contributed by atoms with van der Waals surface area (Å²) in [5, 5.41) is 1.59. The van der Waals surface area contributed by atoms with E-state index in [-0.39, 0.29) is 11.6 Å². The lowest BCUT2D eigenvalue weighted by Crippen LogP contribution is -2.04. The molecule has 0 atom stereocenters. The number of hydrogen-bond donors (Lipinski definition) is 0. The van der Waals surface area contributed by atoms with Crippen LogP contribution < -0.4 is 4.74 Å². The lowest BCUT2D eigenvalue weighted by molar-refractivity contribution is -0.0498. The van der Waals surface area contributed by atoms with Gasteiger partial charge in [0.1, 0.15) is 11.6 Å². The predicted molar refractivity (Wildman–Crippen MR) is 113 cm³/mol. The van der Waals surface area contributed by atoms with E-state index in [1.807, 2.05) is 24.3 Å². The Morgan fingerprint density at radius 1 is 0.793 bits per heavy atom. The highest BCUT2D eigenvalue weighted by Gasteiger charge is 2.20. The third kappa shape index (κ3) is 4.75. The fraction of sp³-hybridized carbons (Fsp3) is 0.360. The van der Waals surface area contributed by atoms with Crippen LogP contribution >= 0.6 is 0 Å². The first-order valence-electron chi connectivity index (χ1n) is 10.3. The second-order valence-electron chi connectivity index (χ2n) is 7.30. The molecule has 1 nitrogen and oxygen atoms in total. The molecule has 0 saturated carbocycles. The van der Waals surface area contributed by atoms with Gasteiger partial charge in [-0.05, 0) is 59.9 Å². The Morgan fingerprint density at radius 3 is 1.97 bits per heavy atom. The molecule has 3 rings (SSSR count). The molecule has 0 radical (unpaired) electrons. The monoisotopic (exact) mass is 400 g/mol. The highest BCUT2D eigenvalue weighted by molar-refractivity contribution is 5.93. The summed E-state index contributed by atoms with van der Waals surface area (Å²) in [6, 6.07) is 13.9. The molecule has 0 spiro atoms. The van der Waals surface area contributed by atoms with E-state index in [0.29, 0.717) is 16.5 Å². The van der Waals surface area contributed by atoms with Gasteiger partial charge in [0.25, 0.3) is 0 Å². The predicted octanol–water partition coefficient (Wildman–Crippen LogP) is 7.93. The highest BCUT2D eigenvalue weighted by Crippen LogP contribution is 2.38. The van der Waals surface area contributed by atoms with Crippen LogP contribution in [0.4, 0.5) is 13.2 Å². The number of rotatable bonds is 9. The lowest BCUT2D eigenvalue weighted by atomic mass is 9.85. The van der Waals surface area contributed by atoms with Crippen LogP contribution in [0.15, 0.2) is 48.5 Å². The van der Waals surface area contributed by atoms with Crippen molar-refractivity contribution >= 4 is 10.8 Å². The minimum absolute atomic E-state index is 0.0752. The SMILES string of the molecule is CCCCc1c(-c2ccc(OC(F)F)cc2)c(F)c2ccccc2c1CCCC. The number of halogens is 3. The molecule has 3 aromatic rings. The maximum atomic E-state index is 15.7. The zero-order valence-corrected chi connectivity index (χ0v) is 17.0. The van der Waals surface area contributed by atoms with E-state index >= 15 is 4.39 Å². The summed E-state index contributed by atoms with van der Waals surface area (Å²) in [6.07, 6.45) is 5.78. The van der Waals surface area contributed by atoms with Crippen LogP contribution in [0, 0.1) is 5.82 Å². The number of hydrogen-bond acceptors (Lipinski definition) is 1. The molecule has 4 heteroatoms. The standard InChI is InChI=1S/C25H27F3O/c1-3-5-9-19-20-11-7-8-12-22(20)24(26)23(21(19)10-6-4-2)17-13-15-18(16-14-17)29-25(27)28/h7-8,11-16,25H,3-6,9-10H2,1-2H3. The number of ether oxygens (including phenoxy) is 1. The first-order chi connectivity index (χ1) is 14.1. The maximum Gasteiger partial charge on any atom is 0.387 e. The van der Waals surface area contributed by atoms with Gasteiger partial charge in [0.15, 0.2) is 0 Å². The molecule has 0 aliphatic heterocycles. The summed E-state index contributed by atoms with van der Waals surface area (Å²) in [5.41, 5.74) is 3.53. The van der Waals surface area contributed by atoms with Gasteiger partial charge >= 0.3 is 6.61 Å². The topological polar surface area (TPSA) is 9.23 Å². The van der Waals surface area contributed by atoms with Crippen LogP contribution in [0.2, 0.25) is 0 Å². The molecule has 0 amide bonds. The van der Waals surface area contributed by atoms with E-state index in [9.17, 15) is 8.78 Å². The van der Waals surface area contributed by atoms with Crippen molar-refractivity contribution in [2.45, 2.75) is 59.0 Å². The second-order valence-corrected chi connectivity index (χ2v) is 7.30. The molecular formula is C25H27F3O. The normalized spacial score (nSPS) is 11.4. The third-order valence-corrected chi connectivity index (χ3v) is 5.30. The molecule has 3 aromatic carbocycles. The van der Waals surface area contributed by atoms with Crippen molar-refractivity contribution in [3.63, 3.8) is 0 Å². The summed E-state index contributed by atoms with van der Waals surface area (Å²) in [6.45, 7) is 1.40. The van der Waals surface area contributed by atoms with Crippen molar-refractivity contribution in [2.24, 2.45) is 0 Å². The van der Waals surface area contributed by atoms with E-state index in [0.717, 1.165) is 49.5 Å². The Kier molecular flexibility index (Phi) is 7.18. The molecule has 0 unspecified atom stereocenters. The summed E-state index contributed by atoms with van der Waals surface area (Å²) >= 11 is 0. The quantitative estimate of drug-likeness (QED) is 0.354. The zero-order chi connectivity index (χ0) is 20.8. The molecule has 0 aromatic heterocycles. The molecule has 0 fully saturated rings. The first-order valence-corrected chi connectivity index (χ1v) is 10.3. The Bertz CT molecular complexity index is 948. The van der Waals surface area contributed by atoms with Gasteiger partial charge in [-0.25, -0.2) is 4.39 Å². The van der Waals surface area contributed by atoms with Gasteiger partial charge < -0.3 is 4.74 Å². The number of benzene rings is 3. The fourth-order valence-corrected chi connectivity index (χ4v) is 3.89. The minimum Gasteiger partial charge on any atom is -0.435 e.